The van der Waals surface area contributed by atoms with E-state index in [0.29, 0.717) is 12.3 Å². The maximum absolute atomic E-state index is 12.3. The van der Waals surface area contributed by atoms with Gasteiger partial charge in [-0.2, -0.15) is 4.31 Å². The largest absolute Gasteiger partial charge is 0.481 e. The van der Waals surface area contributed by atoms with Gasteiger partial charge in [0.1, 0.15) is 0 Å². The summed E-state index contributed by atoms with van der Waals surface area (Å²) in [6.45, 7) is 0.361. The lowest BCUT2D eigenvalue weighted by molar-refractivity contribution is -0.137. The molecule has 1 atom stereocenters. The third-order valence-electron chi connectivity index (χ3n) is 2.64. The molecule has 7 heteroatoms. The minimum absolute atomic E-state index is 0.170. The van der Waals surface area contributed by atoms with Gasteiger partial charge in [-0.1, -0.05) is 18.2 Å². The van der Waals surface area contributed by atoms with Crippen molar-refractivity contribution in [2.45, 2.75) is 16.7 Å². The highest BCUT2D eigenvalue weighted by molar-refractivity contribution is 8.01. The van der Waals surface area contributed by atoms with E-state index in [4.69, 9.17) is 5.11 Å². The zero-order valence-corrected chi connectivity index (χ0v) is 11.2. The third-order valence-corrected chi connectivity index (χ3v) is 5.92. The first kappa shape index (κ1) is 13.4. The zero-order chi connectivity index (χ0) is 13.2. The molecule has 1 aromatic rings. The lowest BCUT2D eigenvalue weighted by atomic mass is 10.4. The zero-order valence-electron chi connectivity index (χ0n) is 9.52. The second-order valence-electron chi connectivity index (χ2n) is 3.85. The number of hydrogen-bond donors (Lipinski definition) is 1. The van der Waals surface area contributed by atoms with Crippen molar-refractivity contribution in [1.82, 2.24) is 4.31 Å². The highest BCUT2D eigenvalue weighted by Crippen LogP contribution is 2.31. The van der Waals surface area contributed by atoms with Crippen molar-refractivity contribution in [2.75, 3.05) is 12.3 Å². The molecule has 0 bridgehead atoms. The highest BCUT2D eigenvalue weighted by atomic mass is 32.2. The van der Waals surface area contributed by atoms with E-state index < -0.39 is 21.4 Å². The van der Waals surface area contributed by atoms with Gasteiger partial charge in [-0.15, -0.1) is 11.8 Å². The molecule has 1 aliphatic heterocycles. The monoisotopic (exact) mass is 287 g/mol. The lowest BCUT2D eigenvalue weighted by Crippen LogP contribution is -2.36. The van der Waals surface area contributed by atoms with Crippen molar-refractivity contribution in [3.8, 4) is 0 Å². The molecule has 2 rings (SSSR count). The summed E-state index contributed by atoms with van der Waals surface area (Å²) in [5.74, 6) is -0.355. The van der Waals surface area contributed by atoms with E-state index in [-0.39, 0.29) is 11.3 Å². The first-order chi connectivity index (χ1) is 8.51. The SMILES string of the molecule is O=C(O)CC1SCCN1S(=O)(=O)c1ccccc1. The smallest absolute Gasteiger partial charge is 0.305 e. The van der Waals surface area contributed by atoms with Crippen LogP contribution in [0.15, 0.2) is 35.2 Å². The van der Waals surface area contributed by atoms with Crippen LogP contribution in [0.5, 0.6) is 0 Å². The number of carboxylic acids is 1. The van der Waals surface area contributed by atoms with Gasteiger partial charge in [-0.25, -0.2) is 8.42 Å². The van der Waals surface area contributed by atoms with E-state index in [1.165, 1.54) is 28.2 Å². The van der Waals surface area contributed by atoms with Crippen LogP contribution in [0.2, 0.25) is 0 Å². The summed E-state index contributed by atoms with van der Waals surface area (Å²) in [5, 5.41) is 8.29. The Kier molecular flexibility index (Phi) is 3.94. The molecule has 1 N–H and O–H groups in total. The molecule has 0 aliphatic carbocycles. The second-order valence-corrected chi connectivity index (χ2v) is 7.03. The van der Waals surface area contributed by atoms with Crippen LogP contribution in [0.4, 0.5) is 0 Å². The van der Waals surface area contributed by atoms with Gasteiger partial charge in [0, 0.05) is 12.3 Å². The highest BCUT2D eigenvalue weighted by Gasteiger charge is 2.36. The molecule has 5 nitrogen and oxygen atoms in total. The van der Waals surface area contributed by atoms with Crippen molar-refractivity contribution in [1.29, 1.82) is 0 Å². The van der Waals surface area contributed by atoms with Crippen LogP contribution < -0.4 is 0 Å². The molecule has 98 valence electrons. The number of thioether (sulfide) groups is 1. The molecular formula is C11H13NO4S2. The first-order valence-electron chi connectivity index (χ1n) is 5.42. The number of aliphatic carboxylic acids is 1. The van der Waals surface area contributed by atoms with Gasteiger partial charge < -0.3 is 5.11 Å². The van der Waals surface area contributed by atoms with Gasteiger partial charge in [0.25, 0.3) is 0 Å². The number of sulfonamides is 1. The predicted molar refractivity (Wildman–Crippen MR) is 68.8 cm³/mol. The molecule has 0 radical (unpaired) electrons. The summed E-state index contributed by atoms with van der Waals surface area (Å²) in [5.41, 5.74) is 0. The number of rotatable bonds is 4. The van der Waals surface area contributed by atoms with Gasteiger partial charge in [0.15, 0.2) is 0 Å². The fraction of sp³-hybridized carbons (Fsp3) is 0.364. The summed E-state index contributed by atoms with van der Waals surface area (Å²) in [6.07, 6.45) is -0.170. The Morgan fingerprint density at radius 3 is 2.67 bits per heavy atom. The molecule has 1 aromatic carbocycles. The van der Waals surface area contributed by atoms with Crippen LogP contribution >= 0.6 is 11.8 Å². The summed E-state index contributed by atoms with van der Waals surface area (Å²) in [6, 6.07) is 8.10. The number of benzene rings is 1. The molecule has 1 fully saturated rings. The van der Waals surface area contributed by atoms with Gasteiger partial charge >= 0.3 is 5.97 Å². The molecule has 18 heavy (non-hydrogen) atoms. The second kappa shape index (κ2) is 5.29. The Balaban J connectivity index is 2.27. The van der Waals surface area contributed by atoms with Crippen molar-refractivity contribution in [3.63, 3.8) is 0 Å². The Morgan fingerprint density at radius 2 is 2.06 bits per heavy atom. The Labute approximate surface area is 110 Å². The standard InChI is InChI=1S/C11H13NO4S2/c13-11(14)8-10-12(6-7-17-10)18(15,16)9-4-2-1-3-5-9/h1-5,10H,6-8H2,(H,13,14). The van der Waals surface area contributed by atoms with Crippen molar-refractivity contribution < 1.29 is 18.3 Å². The quantitative estimate of drug-likeness (QED) is 0.901. The molecule has 0 amide bonds. The van der Waals surface area contributed by atoms with Crippen LogP contribution in [-0.2, 0) is 14.8 Å². The molecule has 1 unspecified atom stereocenters. The minimum Gasteiger partial charge on any atom is -0.481 e. The van der Waals surface area contributed by atoms with Crippen LogP contribution in [0.25, 0.3) is 0 Å². The van der Waals surface area contributed by atoms with Gasteiger partial charge in [-0.05, 0) is 12.1 Å². The van der Waals surface area contributed by atoms with E-state index in [1.54, 1.807) is 18.2 Å². The molecule has 1 saturated heterocycles. The summed E-state index contributed by atoms with van der Waals surface area (Å²) < 4.78 is 26.0. The summed E-state index contributed by atoms with van der Waals surface area (Å²) >= 11 is 1.37. The van der Waals surface area contributed by atoms with E-state index in [2.05, 4.69) is 0 Å². The van der Waals surface area contributed by atoms with Gasteiger partial charge in [0.2, 0.25) is 10.0 Å². The normalized spacial score (nSPS) is 21.0. The molecule has 0 aromatic heterocycles. The maximum atomic E-state index is 12.3. The first-order valence-corrected chi connectivity index (χ1v) is 7.91. The minimum atomic E-state index is -3.58. The average molecular weight is 287 g/mol. The van der Waals surface area contributed by atoms with E-state index >= 15 is 0 Å². The fourth-order valence-electron chi connectivity index (χ4n) is 1.82. The van der Waals surface area contributed by atoms with Crippen molar-refractivity contribution in [3.05, 3.63) is 30.3 Å². The molecular weight excluding hydrogens is 274 g/mol. The Bertz CT molecular complexity index is 529. The van der Waals surface area contributed by atoms with Crippen LogP contribution in [0.1, 0.15) is 6.42 Å². The number of carbonyl (C=O) groups is 1. The van der Waals surface area contributed by atoms with Crippen LogP contribution in [-0.4, -0.2) is 41.5 Å². The summed E-state index contributed by atoms with van der Waals surface area (Å²) in [7, 11) is -3.58. The number of carboxylic acid groups (broad SMARTS) is 1. The molecule has 1 aliphatic rings. The maximum Gasteiger partial charge on any atom is 0.305 e. The van der Waals surface area contributed by atoms with Crippen molar-refractivity contribution in [2.24, 2.45) is 0 Å². The molecule has 0 saturated carbocycles. The van der Waals surface area contributed by atoms with Gasteiger partial charge in [-0.3, -0.25) is 4.79 Å². The third kappa shape index (κ3) is 2.68. The molecule has 0 spiro atoms. The summed E-state index contributed by atoms with van der Waals surface area (Å²) in [4.78, 5) is 10.9. The topological polar surface area (TPSA) is 74.7 Å². The Morgan fingerprint density at radius 1 is 1.39 bits per heavy atom. The average Bonchev–Trinajstić information content (AvgIpc) is 2.78. The fourth-order valence-corrected chi connectivity index (χ4v) is 5.05. The van der Waals surface area contributed by atoms with E-state index in [9.17, 15) is 13.2 Å². The van der Waals surface area contributed by atoms with E-state index in [0.717, 1.165) is 0 Å². The van der Waals surface area contributed by atoms with E-state index in [1.807, 2.05) is 0 Å². The van der Waals surface area contributed by atoms with Crippen LogP contribution in [0.3, 0.4) is 0 Å². The van der Waals surface area contributed by atoms with Gasteiger partial charge in [0.05, 0.1) is 16.7 Å². The predicted octanol–water partition coefficient (Wildman–Crippen LogP) is 1.22. The van der Waals surface area contributed by atoms with Crippen molar-refractivity contribution >= 4 is 27.8 Å². The number of nitrogens with zero attached hydrogens (tertiary/aromatic N) is 1. The van der Waals surface area contributed by atoms with Crippen LogP contribution in [0, 0.1) is 0 Å². The number of hydrogen-bond acceptors (Lipinski definition) is 4. The lowest BCUT2D eigenvalue weighted by Gasteiger charge is -2.21. The Hall–Kier alpha value is -1.05. The molecule has 1 heterocycles.